The summed E-state index contributed by atoms with van der Waals surface area (Å²) >= 11 is 0. The lowest BCUT2D eigenvalue weighted by atomic mass is 9.95. The van der Waals surface area contributed by atoms with Gasteiger partial charge in [-0.05, 0) is 72.8 Å². The number of hydrogen-bond donors (Lipinski definition) is 0. The van der Waals surface area contributed by atoms with Crippen LogP contribution in [0.1, 0.15) is 0 Å². The van der Waals surface area contributed by atoms with Crippen molar-refractivity contribution < 1.29 is 0 Å². The molecule has 0 aromatic heterocycles. The molecular weight excluding hydrogens is 649 g/mol. The minimum Gasteiger partial charge on any atom is -0.0622 e. The van der Waals surface area contributed by atoms with E-state index in [9.17, 15) is 0 Å². The van der Waals surface area contributed by atoms with Crippen molar-refractivity contribution in [1.82, 2.24) is 0 Å². The Morgan fingerprint density at radius 3 is 0.630 bits per heavy atom. The third kappa shape index (κ3) is 9.44. The molecule has 9 rings (SSSR count). The molecule has 0 heteroatoms. The van der Waals surface area contributed by atoms with Crippen LogP contribution in [0.15, 0.2) is 255 Å². The summed E-state index contributed by atoms with van der Waals surface area (Å²) in [5.74, 6) is 0. The molecule has 0 amide bonds. The highest BCUT2D eigenvalue weighted by Crippen LogP contribution is 2.32. The summed E-state index contributed by atoms with van der Waals surface area (Å²) in [6.07, 6.45) is 0. The van der Waals surface area contributed by atoms with Gasteiger partial charge >= 0.3 is 0 Å². The van der Waals surface area contributed by atoms with E-state index >= 15 is 0 Å². The Morgan fingerprint density at radius 1 is 0.130 bits per heavy atom. The Kier molecular flexibility index (Phi) is 12.1. The Balaban J connectivity index is 0.000000125. The Morgan fingerprint density at radius 2 is 0.333 bits per heavy atom. The molecule has 0 aliphatic heterocycles. The summed E-state index contributed by atoms with van der Waals surface area (Å²) in [5, 5.41) is 0. The van der Waals surface area contributed by atoms with Crippen LogP contribution in [0.5, 0.6) is 0 Å². The van der Waals surface area contributed by atoms with E-state index in [1.54, 1.807) is 0 Å². The van der Waals surface area contributed by atoms with E-state index in [1.807, 2.05) is 24.3 Å². The smallest absolute Gasteiger partial charge is 0.0105 e. The number of hydrogen-bond acceptors (Lipinski definition) is 0. The van der Waals surface area contributed by atoms with Crippen LogP contribution in [0.2, 0.25) is 0 Å². The number of benzene rings is 9. The summed E-state index contributed by atoms with van der Waals surface area (Å²) in [5.41, 5.74) is 15.2. The average molecular weight is 691 g/mol. The molecule has 0 bridgehead atoms. The van der Waals surface area contributed by atoms with Gasteiger partial charge in [-0.3, -0.25) is 0 Å². The molecule has 0 nitrogen and oxygen atoms in total. The molecule has 0 saturated carbocycles. The van der Waals surface area contributed by atoms with E-state index in [2.05, 4.69) is 231 Å². The second-order valence-corrected chi connectivity index (χ2v) is 12.9. The van der Waals surface area contributed by atoms with Gasteiger partial charge in [-0.1, -0.05) is 249 Å². The van der Waals surface area contributed by atoms with Crippen molar-refractivity contribution in [3.63, 3.8) is 0 Å². The van der Waals surface area contributed by atoms with Crippen molar-refractivity contribution in [3.05, 3.63) is 255 Å². The predicted molar refractivity (Wildman–Crippen MR) is 232 cm³/mol. The number of rotatable bonds is 6. The zero-order chi connectivity index (χ0) is 36.6. The average Bonchev–Trinajstić information content (AvgIpc) is 3.29. The van der Waals surface area contributed by atoms with Crippen LogP contribution in [0.3, 0.4) is 0 Å². The van der Waals surface area contributed by atoms with Gasteiger partial charge in [0.25, 0.3) is 0 Å². The van der Waals surface area contributed by atoms with Gasteiger partial charge in [-0.25, -0.2) is 0 Å². The molecule has 0 aliphatic carbocycles. The van der Waals surface area contributed by atoms with Crippen LogP contribution in [-0.2, 0) is 0 Å². The molecule has 54 heavy (non-hydrogen) atoms. The highest BCUT2D eigenvalue weighted by Gasteiger charge is 2.06. The zero-order valence-corrected chi connectivity index (χ0v) is 30.2. The molecule has 0 aliphatic rings. The molecule has 0 atom stereocenters. The van der Waals surface area contributed by atoms with Crippen LogP contribution in [0, 0.1) is 0 Å². The van der Waals surface area contributed by atoms with Gasteiger partial charge in [0.15, 0.2) is 0 Å². The maximum atomic E-state index is 2.24. The highest BCUT2D eigenvalue weighted by molar-refractivity contribution is 5.83. The van der Waals surface area contributed by atoms with Crippen molar-refractivity contribution in [1.29, 1.82) is 0 Å². The normalized spacial score (nSPS) is 10.2. The third-order valence-electron chi connectivity index (χ3n) is 9.27. The second-order valence-electron chi connectivity index (χ2n) is 12.9. The summed E-state index contributed by atoms with van der Waals surface area (Å²) in [6, 6.07) is 88.8. The Hall–Kier alpha value is -7.02. The Labute approximate surface area is 320 Å². The molecule has 0 spiro atoms. The molecule has 258 valence electrons. The minimum atomic E-state index is 1.26. The molecule has 0 fully saturated rings. The van der Waals surface area contributed by atoms with Crippen molar-refractivity contribution in [3.8, 4) is 66.8 Å². The fraction of sp³-hybridized carbons (Fsp3) is 0. The fourth-order valence-electron chi connectivity index (χ4n) is 6.48. The van der Waals surface area contributed by atoms with E-state index in [0.717, 1.165) is 0 Å². The van der Waals surface area contributed by atoms with E-state index in [1.165, 1.54) is 66.8 Å². The van der Waals surface area contributed by atoms with Gasteiger partial charge in [0.2, 0.25) is 0 Å². The van der Waals surface area contributed by atoms with Crippen molar-refractivity contribution in [2.75, 3.05) is 0 Å². The second kappa shape index (κ2) is 18.5. The third-order valence-corrected chi connectivity index (χ3v) is 9.27. The lowest BCUT2D eigenvalue weighted by Crippen LogP contribution is -1.83. The minimum absolute atomic E-state index is 1.26. The molecule has 0 unspecified atom stereocenters. The first kappa shape index (κ1) is 35.4. The van der Waals surface area contributed by atoms with Crippen molar-refractivity contribution in [2.45, 2.75) is 0 Å². The van der Waals surface area contributed by atoms with Gasteiger partial charge in [0.05, 0.1) is 0 Å². The van der Waals surface area contributed by atoms with Crippen LogP contribution < -0.4 is 0 Å². The molecule has 9 aromatic carbocycles. The predicted octanol–water partition coefficient (Wildman–Crippen LogP) is 15.1. The van der Waals surface area contributed by atoms with E-state index in [-0.39, 0.29) is 0 Å². The summed E-state index contributed by atoms with van der Waals surface area (Å²) in [6.45, 7) is 0. The monoisotopic (exact) mass is 690 g/mol. The van der Waals surface area contributed by atoms with Crippen molar-refractivity contribution >= 4 is 0 Å². The standard InChI is InChI=1S/3C18H14/c1-3-9-15(10-4-1)17-13-7-8-14-18(17)16-11-5-2-6-12-16;1-3-8-15(9-4-1)17-12-7-13-18(14-17)16-10-5-2-6-11-16;1-3-7-15(8-4-1)17-11-13-18(14-12-17)16-9-5-2-6-10-16/h3*1-14H. The first-order valence-electron chi connectivity index (χ1n) is 18.4. The van der Waals surface area contributed by atoms with E-state index < -0.39 is 0 Å². The van der Waals surface area contributed by atoms with E-state index in [0.29, 0.717) is 0 Å². The quantitative estimate of drug-likeness (QED) is 0.163. The lowest BCUT2D eigenvalue weighted by Gasteiger charge is -2.09. The molecule has 0 saturated heterocycles. The zero-order valence-electron chi connectivity index (χ0n) is 30.2. The maximum Gasteiger partial charge on any atom is -0.0105 e. The lowest BCUT2D eigenvalue weighted by molar-refractivity contribution is 1.58. The van der Waals surface area contributed by atoms with Gasteiger partial charge in [-0.15, -0.1) is 0 Å². The SMILES string of the molecule is c1ccc(-c2ccc(-c3ccccc3)cc2)cc1.c1ccc(-c2cccc(-c3ccccc3)c2)cc1.c1ccc(-c2ccccc2-c2ccccc2)cc1. The highest BCUT2D eigenvalue weighted by atomic mass is 14.1. The van der Waals surface area contributed by atoms with Crippen LogP contribution in [0.25, 0.3) is 66.8 Å². The van der Waals surface area contributed by atoms with Gasteiger partial charge in [-0.2, -0.15) is 0 Å². The largest absolute Gasteiger partial charge is 0.0622 e. The molecule has 0 N–H and O–H groups in total. The topological polar surface area (TPSA) is 0 Å². The van der Waals surface area contributed by atoms with Gasteiger partial charge < -0.3 is 0 Å². The summed E-state index contributed by atoms with van der Waals surface area (Å²) in [4.78, 5) is 0. The van der Waals surface area contributed by atoms with Gasteiger partial charge in [0.1, 0.15) is 0 Å². The van der Waals surface area contributed by atoms with Crippen molar-refractivity contribution in [2.24, 2.45) is 0 Å². The molecule has 0 heterocycles. The van der Waals surface area contributed by atoms with Crippen LogP contribution in [-0.4, -0.2) is 0 Å². The maximum absolute atomic E-state index is 2.24. The first-order valence-corrected chi connectivity index (χ1v) is 18.4. The van der Waals surface area contributed by atoms with Gasteiger partial charge in [0, 0.05) is 0 Å². The fourth-order valence-corrected chi connectivity index (χ4v) is 6.48. The van der Waals surface area contributed by atoms with Crippen LogP contribution >= 0.6 is 0 Å². The molecule has 9 aromatic rings. The summed E-state index contributed by atoms with van der Waals surface area (Å²) < 4.78 is 0. The first-order chi connectivity index (χ1) is 26.8. The molecular formula is C54H42. The van der Waals surface area contributed by atoms with Crippen LogP contribution in [0.4, 0.5) is 0 Å². The Bertz CT molecular complexity index is 2250. The molecule has 0 radical (unpaired) electrons. The van der Waals surface area contributed by atoms with E-state index in [4.69, 9.17) is 0 Å². The summed E-state index contributed by atoms with van der Waals surface area (Å²) in [7, 11) is 0.